The van der Waals surface area contributed by atoms with Crippen LogP contribution in [0.25, 0.3) is 32.9 Å². The Balaban J connectivity index is 1.29. The minimum Gasteiger partial charge on any atom is -0.461 e. The Bertz CT molecular complexity index is 1920. The molecule has 4 atom stereocenters. The highest BCUT2D eigenvalue weighted by atomic mass is 35.5. The summed E-state index contributed by atoms with van der Waals surface area (Å²) in [7, 11) is 0. The Morgan fingerprint density at radius 3 is 2.83 bits per heavy atom. The predicted molar refractivity (Wildman–Crippen MR) is 164 cm³/mol. The van der Waals surface area contributed by atoms with E-state index in [-0.39, 0.29) is 63.6 Å². The smallest absolute Gasteiger partial charge is 0.319 e. The molecule has 0 saturated carbocycles. The fourth-order valence-electron chi connectivity index (χ4n) is 8.27. The van der Waals surface area contributed by atoms with E-state index >= 15 is 8.78 Å². The van der Waals surface area contributed by atoms with Gasteiger partial charge in [-0.25, -0.2) is 13.2 Å². The highest BCUT2D eigenvalue weighted by Crippen LogP contribution is 2.45. The van der Waals surface area contributed by atoms with Crippen LogP contribution in [0.3, 0.4) is 0 Å². The van der Waals surface area contributed by atoms with Crippen LogP contribution in [0, 0.1) is 18.6 Å². The van der Waals surface area contributed by atoms with Crippen molar-refractivity contribution in [2.24, 2.45) is 0 Å². The van der Waals surface area contributed by atoms with E-state index in [0.717, 1.165) is 25.5 Å². The quantitative estimate of drug-likeness (QED) is 0.230. The summed E-state index contributed by atoms with van der Waals surface area (Å²) in [6.45, 7) is 3.33. The van der Waals surface area contributed by atoms with Crippen molar-refractivity contribution in [2.75, 3.05) is 37.7 Å². The van der Waals surface area contributed by atoms with Gasteiger partial charge < -0.3 is 15.0 Å². The number of alkyl halides is 1. The van der Waals surface area contributed by atoms with Gasteiger partial charge in [-0.1, -0.05) is 11.6 Å². The van der Waals surface area contributed by atoms with Gasteiger partial charge >= 0.3 is 6.01 Å². The Morgan fingerprint density at radius 1 is 1.15 bits per heavy atom. The van der Waals surface area contributed by atoms with Gasteiger partial charge in [-0.15, -0.1) is 0 Å². The van der Waals surface area contributed by atoms with Crippen molar-refractivity contribution in [3.63, 3.8) is 0 Å². The molecule has 0 spiro atoms. The number of benzene rings is 2. The summed E-state index contributed by atoms with van der Waals surface area (Å²) in [5.41, 5.74) is -0.862. The standard InChI is InChI=1S/C32H31ClF5N7O/c1-16-22(35)8-23-20(11-39-43-23)25(16)26-21(33)7-19-28(27(26)38)40-30(46-15-32-4-2-6-45(32)12-17(34)9-32)41-29(19)44-13-18-3-5-31(14-44,42-18)10-24(36)37/h7-8,10-11,17-18,42H,2-6,9,12-15H2,1H3,(H,39,43)/t17-,18-,31-,32?/m1/s1. The number of aromatic nitrogens is 4. The molecule has 4 aliphatic rings. The summed E-state index contributed by atoms with van der Waals surface area (Å²) in [4.78, 5) is 13.2. The number of ether oxygens (including phenoxy) is 1. The first-order valence-corrected chi connectivity index (χ1v) is 15.8. The molecule has 4 aromatic rings. The molecule has 4 fully saturated rings. The average Bonchev–Trinajstić information content (AvgIpc) is 3.75. The van der Waals surface area contributed by atoms with Crippen molar-refractivity contribution in [2.45, 2.75) is 62.3 Å². The van der Waals surface area contributed by atoms with E-state index in [1.807, 2.05) is 4.90 Å². The number of piperazine rings is 1. The molecule has 0 amide bonds. The van der Waals surface area contributed by atoms with E-state index < -0.39 is 35.0 Å². The van der Waals surface area contributed by atoms with Crippen LogP contribution in [0.5, 0.6) is 6.01 Å². The van der Waals surface area contributed by atoms with Crippen LogP contribution in [0.15, 0.2) is 30.5 Å². The number of hydrogen-bond donors (Lipinski definition) is 2. The van der Waals surface area contributed by atoms with Crippen molar-refractivity contribution >= 4 is 39.2 Å². The van der Waals surface area contributed by atoms with E-state index in [0.29, 0.717) is 43.3 Å². The maximum absolute atomic E-state index is 16.9. The Labute approximate surface area is 265 Å². The number of rotatable bonds is 6. The van der Waals surface area contributed by atoms with E-state index in [1.165, 1.54) is 25.3 Å². The van der Waals surface area contributed by atoms with Crippen molar-refractivity contribution in [1.29, 1.82) is 0 Å². The molecule has 2 N–H and O–H groups in total. The molecular weight excluding hydrogens is 629 g/mol. The summed E-state index contributed by atoms with van der Waals surface area (Å²) >= 11 is 6.81. The molecule has 46 heavy (non-hydrogen) atoms. The van der Waals surface area contributed by atoms with E-state index in [1.54, 1.807) is 0 Å². The number of hydrogen-bond acceptors (Lipinski definition) is 7. The third-order valence-electron chi connectivity index (χ3n) is 10.3. The normalized spacial score (nSPS) is 27.6. The molecule has 14 heteroatoms. The minimum absolute atomic E-state index is 0.00247. The van der Waals surface area contributed by atoms with Gasteiger partial charge in [0.2, 0.25) is 0 Å². The van der Waals surface area contributed by atoms with E-state index in [9.17, 15) is 13.2 Å². The van der Waals surface area contributed by atoms with Crippen molar-refractivity contribution in [3.05, 3.63) is 52.7 Å². The monoisotopic (exact) mass is 659 g/mol. The Morgan fingerprint density at radius 2 is 2.00 bits per heavy atom. The van der Waals surface area contributed by atoms with Gasteiger partial charge in [-0.3, -0.25) is 10.00 Å². The zero-order valence-electron chi connectivity index (χ0n) is 24.9. The summed E-state index contributed by atoms with van der Waals surface area (Å²) < 4.78 is 79.8. The van der Waals surface area contributed by atoms with E-state index in [4.69, 9.17) is 21.3 Å². The molecule has 8 nitrogen and oxygen atoms in total. The number of H-pyrrole nitrogens is 1. The first-order chi connectivity index (χ1) is 22.0. The fraction of sp³-hybridized carbons (Fsp3) is 0.469. The lowest BCUT2D eigenvalue weighted by Gasteiger charge is -2.40. The molecule has 1 unspecified atom stereocenters. The maximum atomic E-state index is 16.9. The molecule has 2 aromatic carbocycles. The van der Waals surface area contributed by atoms with Crippen LogP contribution < -0.4 is 15.0 Å². The van der Waals surface area contributed by atoms with Crippen LogP contribution in [-0.4, -0.2) is 81.1 Å². The van der Waals surface area contributed by atoms with Crippen LogP contribution >= 0.6 is 11.6 Å². The van der Waals surface area contributed by atoms with Gasteiger partial charge in [0.25, 0.3) is 6.08 Å². The molecule has 6 heterocycles. The van der Waals surface area contributed by atoms with Crippen molar-refractivity contribution < 1.29 is 26.7 Å². The third kappa shape index (κ3) is 4.72. The van der Waals surface area contributed by atoms with Gasteiger partial charge in [-0.2, -0.15) is 23.8 Å². The van der Waals surface area contributed by atoms with Crippen molar-refractivity contribution in [1.82, 2.24) is 30.4 Å². The predicted octanol–water partition coefficient (Wildman–Crippen LogP) is 6.46. The second-order valence-corrected chi connectivity index (χ2v) is 13.6. The highest BCUT2D eigenvalue weighted by Gasteiger charge is 2.50. The summed E-state index contributed by atoms with van der Waals surface area (Å²) in [5, 5.41) is 10.8. The number of nitrogens with zero attached hydrogens (tertiary/aromatic N) is 5. The number of nitrogens with one attached hydrogen (secondary N) is 2. The van der Waals surface area contributed by atoms with Crippen LogP contribution in [0.4, 0.5) is 27.8 Å². The number of halogens is 6. The molecule has 4 saturated heterocycles. The van der Waals surface area contributed by atoms with Gasteiger partial charge in [0.05, 0.1) is 27.8 Å². The lowest BCUT2D eigenvalue weighted by atomic mass is 9.94. The number of fused-ring (bicyclic) bond motifs is 5. The van der Waals surface area contributed by atoms with Crippen molar-refractivity contribution in [3.8, 4) is 17.1 Å². The number of aromatic amines is 1. The first kappa shape index (κ1) is 29.8. The van der Waals surface area contributed by atoms with Crippen LogP contribution in [0.1, 0.15) is 37.7 Å². The topological polar surface area (TPSA) is 82.2 Å². The zero-order valence-corrected chi connectivity index (χ0v) is 25.7. The average molecular weight is 660 g/mol. The van der Waals surface area contributed by atoms with Gasteiger partial charge in [0.15, 0.2) is 5.82 Å². The summed E-state index contributed by atoms with van der Waals surface area (Å²) in [6.07, 6.45) is 2.83. The largest absolute Gasteiger partial charge is 0.461 e. The molecular formula is C32H31ClF5N7O. The highest BCUT2D eigenvalue weighted by molar-refractivity contribution is 6.35. The van der Waals surface area contributed by atoms with Gasteiger partial charge in [0.1, 0.15) is 29.9 Å². The zero-order chi connectivity index (χ0) is 32.0. The molecule has 0 radical (unpaired) electrons. The fourth-order valence-corrected chi connectivity index (χ4v) is 8.56. The van der Waals surface area contributed by atoms with Crippen LogP contribution in [0.2, 0.25) is 5.02 Å². The lowest BCUT2D eigenvalue weighted by molar-refractivity contribution is 0.107. The van der Waals surface area contributed by atoms with Gasteiger partial charge in [-0.05, 0) is 56.8 Å². The van der Waals surface area contributed by atoms with E-state index in [2.05, 4.69) is 25.4 Å². The molecule has 2 bridgehead atoms. The maximum Gasteiger partial charge on any atom is 0.319 e. The molecule has 4 aliphatic heterocycles. The molecule has 0 aliphatic carbocycles. The Hall–Kier alpha value is -3.55. The minimum atomic E-state index is -1.79. The molecule has 8 rings (SSSR count). The summed E-state index contributed by atoms with van der Waals surface area (Å²) in [6, 6.07) is 2.61. The SMILES string of the molecule is Cc1c(F)cc2[nH]ncc2c1-c1c(Cl)cc2c(N3C[C@H]4CC[C@@](C=C(F)F)(C3)N4)nc(OCC34CCCN3C[C@H](F)C4)nc2c1F. The second kappa shape index (κ2) is 10.7. The Kier molecular flexibility index (Phi) is 6.97. The molecule has 2 aromatic heterocycles. The first-order valence-electron chi connectivity index (χ1n) is 15.5. The van der Waals surface area contributed by atoms with Gasteiger partial charge in [0, 0.05) is 60.1 Å². The number of anilines is 1. The second-order valence-electron chi connectivity index (χ2n) is 13.2. The van der Waals surface area contributed by atoms with Crippen LogP contribution in [-0.2, 0) is 0 Å². The lowest BCUT2D eigenvalue weighted by Crippen LogP contribution is -2.59. The molecule has 242 valence electrons. The summed E-state index contributed by atoms with van der Waals surface area (Å²) in [5.74, 6) is -1.08. The third-order valence-corrected chi connectivity index (χ3v) is 10.6.